The topological polar surface area (TPSA) is 65.5 Å². The van der Waals surface area contributed by atoms with Crippen molar-refractivity contribution in [3.63, 3.8) is 0 Å². The van der Waals surface area contributed by atoms with Crippen LogP contribution in [0.5, 0.6) is 0 Å². The van der Waals surface area contributed by atoms with Gasteiger partial charge in [-0.1, -0.05) is 23.2 Å². The molecule has 0 saturated carbocycles. The molecule has 3 heterocycles. The first-order chi connectivity index (χ1) is 13.0. The van der Waals surface area contributed by atoms with Gasteiger partial charge in [0.1, 0.15) is 12.4 Å². The fraction of sp³-hybridized carbons (Fsp3) is 0.263. The molecule has 8 heteroatoms. The largest absolute Gasteiger partial charge is 0.387 e. The lowest BCUT2D eigenvalue weighted by Crippen LogP contribution is -2.37. The zero-order chi connectivity index (χ0) is 19.1. The number of benzene rings is 1. The summed E-state index contributed by atoms with van der Waals surface area (Å²) in [5, 5.41) is 14.3. The van der Waals surface area contributed by atoms with E-state index in [1.165, 1.54) is 5.56 Å². The number of carbonyl (C=O) groups excluding carboxylic acids is 1. The van der Waals surface area contributed by atoms with Crippen molar-refractivity contribution in [2.75, 3.05) is 25.5 Å². The lowest BCUT2D eigenvalue weighted by molar-refractivity contribution is -0.135. The van der Waals surface area contributed by atoms with Crippen molar-refractivity contribution in [3.8, 4) is 11.1 Å². The van der Waals surface area contributed by atoms with Crippen LogP contribution in [0.3, 0.4) is 0 Å². The number of carbonyl (C=O) groups is 1. The van der Waals surface area contributed by atoms with Crippen LogP contribution in [-0.2, 0) is 17.8 Å². The lowest BCUT2D eigenvalue weighted by Gasteiger charge is -2.26. The highest BCUT2D eigenvalue weighted by Crippen LogP contribution is 2.46. The second-order valence-electron chi connectivity index (χ2n) is 6.33. The highest BCUT2D eigenvalue weighted by Gasteiger charge is 2.27. The summed E-state index contributed by atoms with van der Waals surface area (Å²) in [6.07, 6.45) is 2.54. The number of thiophene rings is 1. The molecule has 5 nitrogen and oxygen atoms in total. The number of aromatic nitrogens is 1. The predicted molar refractivity (Wildman–Crippen MR) is 111 cm³/mol. The van der Waals surface area contributed by atoms with Gasteiger partial charge in [0.25, 0.3) is 0 Å². The maximum absolute atomic E-state index is 11.9. The maximum Gasteiger partial charge on any atom is 0.248 e. The van der Waals surface area contributed by atoms with Crippen LogP contribution in [0.25, 0.3) is 21.2 Å². The van der Waals surface area contributed by atoms with Crippen molar-refractivity contribution in [3.05, 3.63) is 44.9 Å². The molecular weight excluding hydrogens is 405 g/mol. The van der Waals surface area contributed by atoms with Crippen LogP contribution >= 0.6 is 34.5 Å². The fourth-order valence-electron chi connectivity index (χ4n) is 3.46. The smallest absolute Gasteiger partial charge is 0.248 e. The van der Waals surface area contributed by atoms with E-state index in [-0.39, 0.29) is 5.91 Å². The van der Waals surface area contributed by atoms with Crippen LogP contribution in [0.4, 0.5) is 5.82 Å². The summed E-state index contributed by atoms with van der Waals surface area (Å²) in [6.45, 7) is 0.592. The number of rotatable bonds is 3. The van der Waals surface area contributed by atoms with Gasteiger partial charge in [-0.2, -0.15) is 0 Å². The van der Waals surface area contributed by atoms with Crippen molar-refractivity contribution in [1.82, 2.24) is 9.88 Å². The highest BCUT2D eigenvalue weighted by atomic mass is 35.5. The molecule has 0 unspecified atom stereocenters. The molecule has 1 aliphatic heterocycles. The van der Waals surface area contributed by atoms with Crippen LogP contribution in [0.15, 0.2) is 24.4 Å². The predicted octanol–water partition coefficient (Wildman–Crippen LogP) is 4.19. The van der Waals surface area contributed by atoms with Crippen LogP contribution in [0.1, 0.15) is 10.4 Å². The van der Waals surface area contributed by atoms with Gasteiger partial charge in [0, 0.05) is 35.6 Å². The number of hydrogen-bond donors (Lipinski definition) is 2. The second kappa shape index (κ2) is 7.28. The first-order valence-electron chi connectivity index (χ1n) is 8.48. The number of aliphatic hydroxyl groups is 1. The van der Waals surface area contributed by atoms with E-state index < -0.39 is 6.61 Å². The van der Waals surface area contributed by atoms with E-state index >= 15 is 0 Å². The maximum atomic E-state index is 11.9. The summed E-state index contributed by atoms with van der Waals surface area (Å²) >= 11 is 14.5. The zero-order valence-electron chi connectivity index (χ0n) is 14.6. The van der Waals surface area contributed by atoms with Crippen LogP contribution in [-0.4, -0.2) is 41.1 Å². The zero-order valence-corrected chi connectivity index (χ0v) is 16.9. The molecule has 0 saturated heterocycles. The molecule has 0 spiro atoms. The summed E-state index contributed by atoms with van der Waals surface area (Å²) in [4.78, 5) is 19.1. The molecule has 2 aromatic heterocycles. The van der Waals surface area contributed by atoms with Gasteiger partial charge in [0.2, 0.25) is 5.91 Å². The lowest BCUT2D eigenvalue weighted by atomic mass is 9.96. The molecule has 2 N–H and O–H groups in total. The van der Waals surface area contributed by atoms with Crippen LogP contribution < -0.4 is 5.32 Å². The Kier molecular flexibility index (Phi) is 4.99. The Morgan fingerprint density at radius 2 is 2.22 bits per heavy atom. The number of halogens is 2. The molecular formula is C19H17Cl2N3O2S. The number of amides is 1. The molecule has 3 aromatic rings. The Labute approximate surface area is 170 Å². The summed E-state index contributed by atoms with van der Waals surface area (Å²) in [6, 6.07) is 5.82. The molecule has 4 rings (SSSR count). The molecule has 0 atom stereocenters. The van der Waals surface area contributed by atoms with Gasteiger partial charge in [-0.15, -0.1) is 11.3 Å². The second-order valence-corrected chi connectivity index (χ2v) is 8.22. The van der Waals surface area contributed by atoms with Gasteiger partial charge in [-0.25, -0.2) is 4.98 Å². The standard InChI is InChI=1S/C19H17Cl2N3O2S/c1-22-15-3-2-10(7-23-15)12-6-13(20)18(21)19-17(12)11-4-5-24(16(26)9-25)8-14(11)27-19/h2-3,6-7,25H,4-5,8-9H2,1H3,(H,22,23). The minimum Gasteiger partial charge on any atom is -0.387 e. The molecule has 0 fully saturated rings. The molecule has 0 radical (unpaired) electrons. The molecule has 27 heavy (non-hydrogen) atoms. The average molecular weight is 422 g/mol. The van der Waals surface area contributed by atoms with E-state index in [1.807, 2.05) is 31.4 Å². The van der Waals surface area contributed by atoms with Crippen LogP contribution in [0, 0.1) is 0 Å². The van der Waals surface area contributed by atoms with Gasteiger partial charge >= 0.3 is 0 Å². The third kappa shape index (κ3) is 3.17. The van der Waals surface area contributed by atoms with Crippen molar-refractivity contribution < 1.29 is 9.90 Å². The van der Waals surface area contributed by atoms with E-state index in [4.69, 9.17) is 28.3 Å². The van der Waals surface area contributed by atoms with Gasteiger partial charge in [0.15, 0.2) is 0 Å². The molecule has 140 valence electrons. The number of anilines is 1. The summed E-state index contributed by atoms with van der Waals surface area (Å²) in [5.74, 6) is 0.537. The monoisotopic (exact) mass is 421 g/mol. The Hall–Kier alpha value is -1.86. The number of aliphatic hydroxyl groups excluding tert-OH is 1. The van der Waals surface area contributed by atoms with E-state index in [1.54, 1.807) is 16.2 Å². The molecule has 1 aromatic carbocycles. The number of pyridine rings is 1. The quantitative estimate of drug-likeness (QED) is 0.665. The Morgan fingerprint density at radius 1 is 1.41 bits per heavy atom. The molecule has 1 amide bonds. The third-order valence-corrected chi connectivity index (χ3v) is 6.96. The molecule has 0 bridgehead atoms. The average Bonchev–Trinajstić information content (AvgIpc) is 3.09. The van der Waals surface area contributed by atoms with Gasteiger partial charge in [0.05, 0.1) is 21.3 Å². The van der Waals surface area contributed by atoms with Crippen LogP contribution in [0.2, 0.25) is 10.0 Å². The van der Waals surface area contributed by atoms with E-state index in [9.17, 15) is 4.79 Å². The third-order valence-electron chi connectivity index (χ3n) is 4.82. The fourth-order valence-corrected chi connectivity index (χ4v) is 5.31. The van der Waals surface area contributed by atoms with Crippen molar-refractivity contribution >= 4 is 56.3 Å². The highest BCUT2D eigenvalue weighted by molar-refractivity contribution is 7.20. The Balaban J connectivity index is 1.89. The Bertz CT molecular complexity index is 1030. The first-order valence-corrected chi connectivity index (χ1v) is 10.1. The number of fused-ring (bicyclic) bond motifs is 3. The van der Waals surface area contributed by atoms with E-state index in [0.717, 1.165) is 31.9 Å². The van der Waals surface area contributed by atoms with Crippen molar-refractivity contribution in [1.29, 1.82) is 0 Å². The first kappa shape index (κ1) is 18.5. The molecule has 1 aliphatic rings. The SMILES string of the molecule is CNc1ccc(-c2cc(Cl)c(Cl)c3sc4c(c23)CCN(C(=O)CO)C4)cn1. The minimum atomic E-state index is -0.471. The molecule has 0 aliphatic carbocycles. The normalized spacial score (nSPS) is 13.7. The van der Waals surface area contributed by atoms with E-state index in [0.29, 0.717) is 29.6 Å². The number of nitrogens with one attached hydrogen (secondary N) is 1. The number of hydrogen-bond acceptors (Lipinski definition) is 5. The number of nitrogens with zero attached hydrogens (tertiary/aromatic N) is 2. The van der Waals surface area contributed by atoms with Gasteiger partial charge < -0.3 is 15.3 Å². The minimum absolute atomic E-state index is 0.255. The van der Waals surface area contributed by atoms with E-state index in [2.05, 4.69) is 10.3 Å². The Morgan fingerprint density at radius 3 is 2.89 bits per heavy atom. The van der Waals surface area contributed by atoms with Gasteiger partial charge in [-0.05, 0) is 35.7 Å². The summed E-state index contributed by atoms with van der Waals surface area (Å²) in [5.41, 5.74) is 3.16. The summed E-state index contributed by atoms with van der Waals surface area (Å²) < 4.78 is 0.931. The van der Waals surface area contributed by atoms with Crippen molar-refractivity contribution in [2.24, 2.45) is 0 Å². The van der Waals surface area contributed by atoms with Gasteiger partial charge in [-0.3, -0.25) is 4.79 Å². The van der Waals surface area contributed by atoms with Crippen molar-refractivity contribution in [2.45, 2.75) is 13.0 Å². The summed E-state index contributed by atoms with van der Waals surface area (Å²) in [7, 11) is 1.83.